The predicted octanol–water partition coefficient (Wildman–Crippen LogP) is 7.02. The van der Waals surface area contributed by atoms with E-state index in [2.05, 4.69) is 18.8 Å². The maximum atomic E-state index is 13.7. The first-order chi connectivity index (χ1) is 20.0. The summed E-state index contributed by atoms with van der Waals surface area (Å²) in [5.41, 5.74) is 2.24. The van der Waals surface area contributed by atoms with Crippen molar-refractivity contribution in [2.24, 2.45) is 5.92 Å². The molecule has 3 aromatic rings. The fourth-order valence-corrected chi connectivity index (χ4v) is 4.76. The van der Waals surface area contributed by atoms with E-state index >= 15 is 0 Å². The molecule has 0 saturated carbocycles. The minimum absolute atomic E-state index is 0.241. The Morgan fingerprint density at radius 1 is 0.805 bits per heavy atom. The highest BCUT2D eigenvalue weighted by Crippen LogP contribution is 2.38. The summed E-state index contributed by atoms with van der Waals surface area (Å²) >= 11 is 0. The van der Waals surface area contributed by atoms with Gasteiger partial charge >= 0.3 is 11.9 Å². The zero-order chi connectivity index (χ0) is 29.5. The molecule has 0 aliphatic carbocycles. The molecule has 2 aromatic carbocycles. The van der Waals surface area contributed by atoms with E-state index in [9.17, 15) is 9.59 Å². The molecule has 1 aromatic heterocycles. The molecule has 222 valence electrons. The summed E-state index contributed by atoms with van der Waals surface area (Å²) in [6.07, 6.45) is 11.1. The molecule has 8 nitrogen and oxygen atoms in total. The van der Waals surface area contributed by atoms with Crippen LogP contribution in [0.5, 0.6) is 11.5 Å². The molecule has 0 saturated heterocycles. The normalized spacial score (nSPS) is 11.7. The van der Waals surface area contributed by atoms with Crippen molar-refractivity contribution < 1.29 is 28.5 Å². The summed E-state index contributed by atoms with van der Waals surface area (Å²) in [6.45, 7) is 4.73. The van der Waals surface area contributed by atoms with Crippen molar-refractivity contribution in [2.45, 2.75) is 71.3 Å². The topological polar surface area (TPSA) is 88.9 Å². The first-order valence-electron chi connectivity index (χ1n) is 14.7. The van der Waals surface area contributed by atoms with E-state index in [1.165, 1.54) is 0 Å². The van der Waals surface area contributed by atoms with Crippen molar-refractivity contribution in [3.8, 4) is 22.8 Å². The molecule has 0 spiro atoms. The monoisotopic (exact) mass is 564 g/mol. The smallest absolute Gasteiger partial charge is 0.322 e. The molecule has 0 fully saturated rings. The van der Waals surface area contributed by atoms with E-state index in [1.807, 2.05) is 36.5 Å². The Bertz CT molecular complexity index is 1180. The van der Waals surface area contributed by atoms with Gasteiger partial charge in [0, 0.05) is 23.4 Å². The maximum absolute atomic E-state index is 13.7. The molecule has 0 N–H and O–H groups in total. The number of aromatic nitrogens is 2. The second-order valence-corrected chi connectivity index (χ2v) is 10.1. The predicted molar refractivity (Wildman–Crippen MR) is 159 cm³/mol. The molecular formula is C33H44N2O6. The van der Waals surface area contributed by atoms with Crippen LogP contribution in [0.1, 0.15) is 76.8 Å². The minimum Gasteiger partial charge on any atom is -0.497 e. The largest absolute Gasteiger partial charge is 0.497 e. The Labute approximate surface area is 244 Å². The van der Waals surface area contributed by atoms with Crippen LogP contribution in [-0.2, 0) is 19.1 Å². The van der Waals surface area contributed by atoms with E-state index in [0.717, 1.165) is 56.9 Å². The van der Waals surface area contributed by atoms with Gasteiger partial charge in [0.1, 0.15) is 11.5 Å². The lowest BCUT2D eigenvalue weighted by atomic mass is 9.91. The molecule has 1 atom stereocenters. The summed E-state index contributed by atoms with van der Waals surface area (Å²) in [5, 5.41) is 0. The van der Waals surface area contributed by atoms with E-state index in [0.29, 0.717) is 22.8 Å². The van der Waals surface area contributed by atoms with E-state index in [4.69, 9.17) is 18.9 Å². The van der Waals surface area contributed by atoms with Gasteiger partial charge in [-0.1, -0.05) is 82.7 Å². The van der Waals surface area contributed by atoms with Gasteiger partial charge in [0.05, 0.1) is 45.5 Å². The van der Waals surface area contributed by atoms with Crippen LogP contribution in [-0.4, -0.2) is 48.9 Å². The highest BCUT2D eigenvalue weighted by Gasteiger charge is 2.41. The van der Waals surface area contributed by atoms with Crippen molar-refractivity contribution in [2.75, 3.05) is 27.4 Å². The van der Waals surface area contributed by atoms with Gasteiger partial charge in [-0.15, -0.1) is 0 Å². The number of carbonyl (C=O) groups is 2. The van der Waals surface area contributed by atoms with Gasteiger partial charge in [0.2, 0.25) is 0 Å². The number of unbranched alkanes of at least 4 members (excludes halogenated alkanes) is 6. The van der Waals surface area contributed by atoms with Crippen LogP contribution < -0.4 is 9.47 Å². The Hall–Kier alpha value is -3.81. The summed E-state index contributed by atoms with van der Waals surface area (Å²) in [7, 11) is 3.12. The number of ether oxygens (including phenoxy) is 4. The standard InChI is InChI=1S/C33H44N2O6/c1-5-7-9-14-20-40-32(36)30(33(37)41-21-15-10-8-6-2)31(27-19-18-26(38-3)22-29(27)39-4)35-23-28(34-24-35)25-16-12-11-13-17-25/h11-13,16-19,22-24,30-31H,5-10,14-15,20-21H2,1-4H3. The van der Waals surface area contributed by atoms with Gasteiger partial charge in [0.25, 0.3) is 0 Å². The summed E-state index contributed by atoms with van der Waals surface area (Å²) < 4.78 is 24.3. The molecule has 0 amide bonds. The second kappa shape index (κ2) is 17.1. The third kappa shape index (κ3) is 9.10. The Kier molecular flexibility index (Phi) is 13.2. The molecule has 3 rings (SSSR count). The summed E-state index contributed by atoms with van der Waals surface area (Å²) in [5.74, 6) is -1.46. The highest BCUT2D eigenvalue weighted by atomic mass is 16.6. The van der Waals surface area contributed by atoms with Crippen LogP contribution in [0.25, 0.3) is 11.3 Å². The Morgan fingerprint density at radius 3 is 2.00 bits per heavy atom. The molecule has 41 heavy (non-hydrogen) atoms. The van der Waals surface area contributed by atoms with Crippen LogP contribution >= 0.6 is 0 Å². The van der Waals surface area contributed by atoms with Crippen molar-refractivity contribution in [3.05, 3.63) is 66.6 Å². The molecule has 0 aliphatic heterocycles. The molecule has 8 heteroatoms. The molecular weight excluding hydrogens is 520 g/mol. The number of nitrogens with zero attached hydrogens (tertiary/aromatic N) is 2. The first-order valence-corrected chi connectivity index (χ1v) is 14.7. The zero-order valence-corrected chi connectivity index (χ0v) is 24.8. The van der Waals surface area contributed by atoms with Crippen LogP contribution in [0.15, 0.2) is 61.1 Å². The van der Waals surface area contributed by atoms with Crippen molar-refractivity contribution in [1.29, 1.82) is 0 Å². The zero-order valence-electron chi connectivity index (χ0n) is 24.8. The third-order valence-electron chi connectivity index (χ3n) is 7.06. The average molecular weight is 565 g/mol. The van der Waals surface area contributed by atoms with Crippen molar-refractivity contribution >= 4 is 11.9 Å². The van der Waals surface area contributed by atoms with Gasteiger partial charge in [-0.05, 0) is 25.0 Å². The number of carbonyl (C=O) groups excluding carboxylic acids is 2. The fourth-order valence-electron chi connectivity index (χ4n) is 4.76. The van der Waals surface area contributed by atoms with Gasteiger partial charge in [0.15, 0.2) is 5.92 Å². The minimum atomic E-state index is -1.27. The first kappa shape index (κ1) is 31.7. The Balaban J connectivity index is 2.03. The number of hydrogen-bond acceptors (Lipinski definition) is 7. The van der Waals surface area contributed by atoms with Crippen LogP contribution in [0.2, 0.25) is 0 Å². The van der Waals surface area contributed by atoms with Crippen molar-refractivity contribution in [1.82, 2.24) is 9.55 Å². The molecule has 1 unspecified atom stereocenters. The third-order valence-corrected chi connectivity index (χ3v) is 7.06. The van der Waals surface area contributed by atoms with E-state index in [1.54, 1.807) is 43.3 Å². The number of hydrogen-bond donors (Lipinski definition) is 0. The van der Waals surface area contributed by atoms with Gasteiger partial charge in [-0.2, -0.15) is 0 Å². The number of benzene rings is 2. The fraction of sp³-hybridized carbons (Fsp3) is 0.485. The lowest BCUT2D eigenvalue weighted by Gasteiger charge is -2.27. The SMILES string of the molecule is CCCCCCOC(=O)C(C(=O)OCCCCCC)C(c1ccc(OC)cc1OC)n1cnc(-c2ccccc2)c1. The van der Waals surface area contributed by atoms with Crippen LogP contribution in [0.3, 0.4) is 0 Å². The summed E-state index contributed by atoms with van der Waals surface area (Å²) in [4.78, 5) is 32.0. The lowest BCUT2D eigenvalue weighted by Crippen LogP contribution is -2.36. The quantitative estimate of drug-likeness (QED) is 0.0932. The second-order valence-electron chi connectivity index (χ2n) is 10.1. The van der Waals surface area contributed by atoms with Gasteiger partial charge in [-0.25, -0.2) is 4.98 Å². The maximum Gasteiger partial charge on any atom is 0.322 e. The van der Waals surface area contributed by atoms with Crippen LogP contribution in [0, 0.1) is 5.92 Å². The van der Waals surface area contributed by atoms with Gasteiger partial charge in [-0.3, -0.25) is 9.59 Å². The van der Waals surface area contributed by atoms with Crippen LogP contribution in [0.4, 0.5) is 0 Å². The van der Waals surface area contributed by atoms with Gasteiger partial charge < -0.3 is 23.5 Å². The number of methoxy groups -OCH3 is 2. The number of rotatable bonds is 18. The molecule has 0 bridgehead atoms. The molecule has 1 heterocycles. The number of imidazole rings is 1. The van der Waals surface area contributed by atoms with Crippen molar-refractivity contribution in [3.63, 3.8) is 0 Å². The summed E-state index contributed by atoms with van der Waals surface area (Å²) in [6, 6.07) is 14.2. The number of esters is 2. The lowest BCUT2D eigenvalue weighted by molar-refractivity contribution is -0.164. The highest BCUT2D eigenvalue weighted by molar-refractivity contribution is 5.96. The molecule has 0 aliphatic rings. The molecule has 0 radical (unpaired) electrons. The average Bonchev–Trinajstić information content (AvgIpc) is 3.49. The Morgan fingerprint density at radius 2 is 1.44 bits per heavy atom. The van der Waals surface area contributed by atoms with E-state index in [-0.39, 0.29) is 13.2 Å². The van der Waals surface area contributed by atoms with E-state index < -0.39 is 23.9 Å².